The van der Waals surface area contributed by atoms with Crippen LogP contribution in [0.4, 0.5) is 0 Å². The van der Waals surface area contributed by atoms with Gasteiger partial charge in [-0.25, -0.2) is 0 Å². The first-order chi connectivity index (χ1) is 7.63. The molecule has 16 heavy (non-hydrogen) atoms. The summed E-state index contributed by atoms with van der Waals surface area (Å²) < 4.78 is 5.10. The molecule has 0 unspecified atom stereocenters. The minimum Gasteiger partial charge on any atom is -0.497 e. The lowest BCUT2D eigenvalue weighted by Gasteiger charge is -2.12. The smallest absolute Gasteiger partial charge is 0.148 e. The van der Waals surface area contributed by atoms with Crippen molar-refractivity contribution < 1.29 is 14.3 Å². The van der Waals surface area contributed by atoms with Crippen LogP contribution < -0.4 is 4.74 Å². The molecule has 0 bridgehead atoms. The second kappa shape index (κ2) is 4.08. The molecule has 1 aromatic carbocycles. The van der Waals surface area contributed by atoms with Crippen molar-refractivity contribution in [1.82, 2.24) is 0 Å². The highest BCUT2D eigenvalue weighted by Crippen LogP contribution is 2.31. The maximum absolute atomic E-state index is 11.6. The van der Waals surface area contributed by atoms with E-state index in [1.54, 1.807) is 13.2 Å². The lowest BCUT2D eigenvalue weighted by atomic mass is 9.92. The fraction of sp³-hybridized carbons (Fsp3) is 0.385. The molecule has 1 aliphatic rings. The average molecular weight is 218 g/mol. The van der Waals surface area contributed by atoms with Gasteiger partial charge in [-0.1, -0.05) is 6.07 Å². The highest BCUT2D eigenvalue weighted by atomic mass is 16.5. The van der Waals surface area contributed by atoms with Crippen molar-refractivity contribution in [2.24, 2.45) is 0 Å². The van der Waals surface area contributed by atoms with Crippen LogP contribution in [-0.2, 0) is 9.59 Å². The Bertz CT molecular complexity index is 432. The zero-order valence-corrected chi connectivity index (χ0v) is 9.45. The molecule has 84 valence electrons. The quantitative estimate of drug-likeness (QED) is 0.713. The molecule has 0 amide bonds. The van der Waals surface area contributed by atoms with Crippen LogP contribution in [0, 0.1) is 6.92 Å². The van der Waals surface area contributed by atoms with E-state index < -0.39 is 5.92 Å². The number of rotatable bonds is 2. The predicted octanol–water partition coefficient (Wildman–Crippen LogP) is 2.02. The minimum atomic E-state index is -0.536. The second-order valence-electron chi connectivity index (χ2n) is 4.09. The Labute approximate surface area is 94.4 Å². The fourth-order valence-electron chi connectivity index (χ4n) is 2.16. The zero-order chi connectivity index (χ0) is 11.7. The average Bonchev–Trinajstić information content (AvgIpc) is 2.59. The third-order valence-electron chi connectivity index (χ3n) is 3.05. The van der Waals surface area contributed by atoms with E-state index in [9.17, 15) is 9.59 Å². The van der Waals surface area contributed by atoms with Gasteiger partial charge in [-0.05, 0) is 30.2 Å². The monoisotopic (exact) mass is 218 g/mol. The number of carbonyl (C=O) groups excluding carboxylic acids is 2. The molecule has 3 heteroatoms. The number of benzene rings is 1. The number of carbonyl (C=O) groups is 2. The number of ketones is 2. The van der Waals surface area contributed by atoms with Crippen LogP contribution in [0.3, 0.4) is 0 Å². The third-order valence-corrected chi connectivity index (χ3v) is 3.05. The van der Waals surface area contributed by atoms with E-state index in [1.807, 2.05) is 19.1 Å². The SMILES string of the molecule is COc1ccc(C2C(=O)CCC2=O)c(C)c1. The molecule has 0 heterocycles. The Kier molecular flexibility index (Phi) is 2.77. The van der Waals surface area contributed by atoms with Crippen molar-refractivity contribution in [3.63, 3.8) is 0 Å². The van der Waals surface area contributed by atoms with E-state index in [0.29, 0.717) is 12.8 Å². The molecule has 0 saturated heterocycles. The number of methoxy groups -OCH3 is 1. The van der Waals surface area contributed by atoms with Crippen LogP contribution in [0.25, 0.3) is 0 Å². The first-order valence-corrected chi connectivity index (χ1v) is 5.33. The number of aryl methyl sites for hydroxylation is 1. The molecule has 1 fully saturated rings. The summed E-state index contributed by atoms with van der Waals surface area (Å²) in [5, 5.41) is 0. The van der Waals surface area contributed by atoms with Crippen LogP contribution in [0.15, 0.2) is 18.2 Å². The Morgan fingerprint density at radius 3 is 2.31 bits per heavy atom. The molecule has 1 aromatic rings. The molecular formula is C13H14O3. The largest absolute Gasteiger partial charge is 0.497 e. The standard InChI is InChI=1S/C13H14O3/c1-8-7-9(16-2)3-4-10(8)13-11(14)5-6-12(13)15/h3-4,7,13H,5-6H2,1-2H3. The lowest BCUT2D eigenvalue weighted by molar-refractivity contribution is -0.123. The van der Waals surface area contributed by atoms with Gasteiger partial charge in [-0.3, -0.25) is 9.59 Å². The normalized spacial score (nSPS) is 16.9. The molecule has 1 saturated carbocycles. The van der Waals surface area contributed by atoms with Gasteiger partial charge in [0.15, 0.2) is 0 Å². The summed E-state index contributed by atoms with van der Waals surface area (Å²) in [6.45, 7) is 1.90. The number of ether oxygens (including phenoxy) is 1. The summed E-state index contributed by atoms with van der Waals surface area (Å²) >= 11 is 0. The maximum Gasteiger partial charge on any atom is 0.148 e. The van der Waals surface area contributed by atoms with E-state index in [4.69, 9.17) is 4.74 Å². The Hall–Kier alpha value is -1.64. The molecule has 0 aromatic heterocycles. The van der Waals surface area contributed by atoms with Gasteiger partial charge in [0.05, 0.1) is 7.11 Å². The molecule has 0 aliphatic heterocycles. The van der Waals surface area contributed by atoms with Gasteiger partial charge in [0, 0.05) is 12.8 Å². The molecular weight excluding hydrogens is 204 g/mol. The van der Waals surface area contributed by atoms with E-state index >= 15 is 0 Å². The summed E-state index contributed by atoms with van der Waals surface area (Å²) in [4.78, 5) is 23.3. The predicted molar refractivity (Wildman–Crippen MR) is 59.7 cm³/mol. The van der Waals surface area contributed by atoms with E-state index in [1.165, 1.54) is 0 Å². The summed E-state index contributed by atoms with van der Waals surface area (Å²) in [5.74, 6) is 0.293. The van der Waals surface area contributed by atoms with E-state index in [0.717, 1.165) is 16.9 Å². The minimum absolute atomic E-state index is 0.0401. The van der Waals surface area contributed by atoms with Crippen LogP contribution in [-0.4, -0.2) is 18.7 Å². The molecule has 0 atom stereocenters. The summed E-state index contributed by atoms with van der Waals surface area (Å²) in [5.41, 5.74) is 1.77. The number of Topliss-reactive ketones (excluding diaryl/α,β-unsaturated/α-hetero) is 2. The van der Waals surface area contributed by atoms with Gasteiger partial charge in [-0.2, -0.15) is 0 Å². The topological polar surface area (TPSA) is 43.4 Å². The lowest BCUT2D eigenvalue weighted by Crippen LogP contribution is -2.13. The Morgan fingerprint density at radius 2 is 1.81 bits per heavy atom. The van der Waals surface area contributed by atoms with Crippen molar-refractivity contribution in [3.05, 3.63) is 29.3 Å². The Balaban J connectivity index is 2.40. The van der Waals surface area contributed by atoms with Crippen LogP contribution >= 0.6 is 0 Å². The molecule has 3 nitrogen and oxygen atoms in total. The number of hydrogen-bond donors (Lipinski definition) is 0. The first kappa shape index (κ1) is 10.9. The zero-order valence-electron chi connectivity index (χ0n) is 9.45. The van der Waals surface area contributed by atoms with Gasteiger partial charge in [0.1, 0.15) is 23.2 Å². The molecule has 0 N–H and O–H groups in total. The number of hydrogen-bond acceptors (Lipinski definition) is 3. The van der Waals surface area contributed by atoms with E-state index in [-0.39, 0.29) is 11.6 Å². The van der Waals surface area contributed by atoms with Gasteiger partial charge >= 0.3 is 0 Å². The van der Waals surface area contributed by atoms with Crippen molar-refractivity contribution in [2.45, 2.75) is 25.7 Å². The highest BCUT2D eigenvalue weighted by Gasteiger charge is 2.34. The van der Waals surface area contributed by atoms with Gasteiger partial charge < -0.3 is 4.74 Å². The van der Waals surface area contributed by atoms with Gasteiger partial charge in [0.25, 0.3) is 0 Å². The Morgan fingerprint density at radius 1 is 1.19 bits per heavy atom. The highest BCUT2D eigenvalue weighted by molar-refractivity contribution is 6.13. The third kappa shape index (κ3) is 1.73. The second-order valence-corrected chi connectivity index (χ2v) is 4.09. The summed E-state index contributed by atoms with van der Waals surface area (Å²) in [7, 11) is 1.60. The van der Waals surface area contributed by atoms with Gasteiger partial charge in [0.2, 0.25) is 0 Å². The van der Waals surface area contributed by atoms with Crippen molar-refractivity contribution in [3.8, 4) is 5.75 Å². The summed E-state index contributed by atoms with van der Waals surface area (Å²) in [6, 6.07) is 5.47. The van der Waals surface area contributed by atoms with E-state index in [2.05, 4.69) is 0 Å². The molecule has 1 aliphatic carbocycles. The van der Waals surface area contributed by atoms with Crippen LogP contribution in [0.2, 0.25) is 0 Å². The van der Waals surface area contributed by atoms with Gasteiger partial charge in [-0.15, -0.1) is 0 Å². The summed E-state index contributed by atoms with van der Waals surface area (Å²) in [6.07, 6.45) is 0.768. The van der Waals surface area contributed by atoms with Crippen LogP contribution in [0.5, 0.6) is 5.75 Å². The molecule has 0 radical (unpaired) electrons. The molecule has 0 spiro atoms. The van der Waals surface area contributed by atoms with Crippen molar-refractivity contribution in [1.29, 1.82) is 0 Å². The van der Waals surface area contributed by atoms with Crippen molar-refractivity contribution in [2.75, 3.05) is 7.11 Å². The maximum atomic E-state index is 11.6. The van der Waals surface area contributed by atoms with Crippen molar-refractivity contribution >= 4 is 11.6 Å². The van der Waals surface area contributed by atoms with Crippen LogP contribution in [0.1, 0.15) is 29.9 Å². The fourth-order valence-corrected chi connectivity index (χ4v) is 2.16. The first-order valence-electron chi connectivity index (χ1n) is 5.33. The molecule has 2 rings (SSSR count).